The first-order chi connectivity index (χ1) is 9.40. The number of nitrogens with one attached hydrogen (secondary N) is 1. The highest BCUT2D eigenvalue weighted by Crippen LogP contribution is 2.20. The number of halogens is 1. The van der Waals surface area contributed by atoms with Crippen LogP contribution in [0.15, 0.2) is 24.4 Å². The second kappa shape index (κ2) is 5.38. The number of nitrogens with two attached hydrogens (primary N) is 1. The van der Waals surface area contributed by atoms with Crippen LogP contribution < -0.4 is 11.1 Å². The lowest BCUT2D eigenvalue weighted by molar-refractivity contribution is 0.102. The minimum atomic E-state index is -0.571. The van der Waals surface area contributed by atoms with Crippen molar-refractivity contribution >= 4 is 28.8 Å². The zero-order valence-electron chi connectivity index (χ0n) is 11.0. The molecule has 0 unspecified atom stereocenters. The fourth-order valence-corrected chi connectivity index (χ4v) is 2.10. The van der Waals surface area contributed by atoms with Crippen molar-refractivity contribution in [1.29, 1.82) is 0 Å². The summed E-state index contributed by atoms with van der Waals surface area (Å²) in [5, 5.41) is 6.68. The van der Waals surface area contributed by atoms with E-state index in [0.717, 1.165) is 0 Å². The van der Waals surface area contributed by atoms with Gasteiger partial charge in [-0.3, -0.25) is 9.48 Å². The molecular weight excluding hydrogens is 279 g/mol. The number of aromatic nitrogens is 2. The number of carbonyl (C=O) groups is 1. The van der Waals surface area contributed by atoms with Crippen molar-refractivity contribution in [2.45, 2.75) is 6.92 Å². The molecule has 0 saturated carbocycles. The van der Waals surface area contributed by atoms with Crippen LogP contribution in [0, 0.1) is 12.7 Å². The molecule has 104 valence electrons. The largest absolute Gasteiger partial charge is 0.389 e. The molecule has 1 amide bonds. The molecule has 1 aromatic carbocycles. The van der Waals surface area contributed by atoms with Crippen LogP contribution in [0.3, 0.4) is 0 Å². The predicted molar refractivity (Wildman–Crippen MR) is 78.2 cm³/mol. The van der Waals surface area contributed by atoms with Gasteiger partial charge in [0.25, 0.3) is 5.91 Å². The third-order valence-electron chi connectivity index (χ3n) is 2.77. The first-order valence-corrected chi connectivity index (χ1v) is 6.21. The Kier molecular flexibility index (Phi) is 3.80. The van der Waals surface area contributed by atoms with Crippen molar-refractivity contribution in [3.8, 4) is 0 Å². The number of carbonyl (C=O) groups excluding carboxylic acids is 1. The van der Waals surface area contributed by atoms with E-state index in [1.807, 2.05) is 0 Å². The molecule has 1 aromatic heterocycles. The maximum Gasteiger partial charge on any atom is 0.259 e. The van der Waals surface area contributed by atoms with Gasteiger partial charge >= 0.3 is 0 Å². The second-order valence-corrected chi connectivity index (χ2v) is 4.72. The number of nitrogens with zero attached hydrogens (tertiary/aromatic N) is 2. The van der Waals surface area contributed by atoms with Crippen molar-refractivity contribution in [2.24, 2.45) is 12.8 Å². The van der Waals surface area contributed by atoms with Crippen molar-refractivity contribution in [3.05, 3.63) is 47.0 Å². The predicted octanol–water partition coefficient (Wildman–Crippen LogP) is 1.75. The average Bonchev–Trinajstić information content (AvgIpc) is 2.68. The molecule has 1 heterocycles. The Hall–Kier alpha value is -2.28. The van der Waals surface area contributed by atoms with E-state index in [4.69, 9.17) is 18.0 Å². The Balaban J connectivity index is 2.36. The normalized spacial score (nSPS) is 10.3. The van der Waals surface area contributed by atoms with E-state index in [2.05, 4.69) is 10.4 Å². The lowest BCUT2D eigenvalue weighted by Gasteiger charge is -2.10. The average molecular weight is 292 g/mol. The van der Waals surface area contributed by atoms with Crippen LogP contribution in [0.1, 0.15) is 21.6 Å². The summed E-state index contributed by atoms with van der Waals surface area (Å²) in [7, 11) is 1.71. The van der Waals surface area contributed by atoms with E-state index in [0.29, 0.717) is 11.3 Å². The summed E-state index contributed by atoms with van der Waals surface area (Å²) in [6.45, 7) is 1.72. The highest BCUT2D eigenvalue weighted by atomic mass is 32.1. The zero-order valence-corrected chi connectivity index (χ0v) is 11.8. The summed E-state index contributed by atoms with van der Waals surface area (Å²) in [6.07, 6.45) is 1.59. The lowest BCUT2D eigenvalue weighted by atomic mass is 10.1. The van der Waals surface area contributed by atoms with Crippen molar-refractivity contribution in [2.75, 3.05) is 5.32 Å². The number of hydrogen-bond donors (Lipinski definition) is 2. The highest BCUT2D eigenvalue weighted by Gasteiger charge is 2.17. The molecule has 0 spiro atoms. The van der Waals surface area contributed by atoms with Gasteiger partial charge in [-0.05, 0) is 19.1 Å². The third-order valence-corrected chi connectivity index (χ3v) is 2.97. The Morgan fingerprint density at radius 1 is 1.50 bits per heavy atom. The summed E-state index contributed by atoms with van der Waals surface area (Å²) in [4.78, 5) is 12.1. The van der Waals surface area contributed by atoms with Crippen molar-refractivity contribution < 1.29 is 9.18 Å². The number of thiocarbonyl (C=S) groups is 1. The van der Waals surface area contributed by atoms with Gasteiger partial charge in [0.15, 0.2) is 0 Å². The molecule has 0 saturated heterocycles. The second-order valence-electron chi connectivity index (χ2n) is 4.28. The van der Waals surface area contributed by atoms with Gasteiger partial charge in [-0.2, -0.15) is 5.10 Å². The van der Waals surface area contributed by atoms with Gasteiger partial charge in [0.05, 0.1) is 22.5 Å². The van der Waals surface area contributed by atoms with Crippen molar-refractivity contribution in [1.82, 2.24) is 9.78 Å². The molecule has 0 radical (unpaired) electrons. The Labute approximate surface area is 120 Å². The maximum atomic E-state index is 13.7. The molecule has 2 aromatic rings. The van der Waals surface area contributed by atoms with Gasteiger partial charge in [0.1, 0.15) is 10.8 Å². The molecule has 2 rings (SSSR count). The van der Waals surface area contributed by atoms with Gasteiger partial charge in [0, 0.05) is 13.2 Å². The molecule has 0 aliphatic heterocycles. The van der Waals surface area contributed by atoms with E-state index >= 15 is 0 Å². The molecule has 0 aliphatic rings. The van der Waals surface area contributed by atoms with Crippen LogP contribution in [0.5, 0.6) is 0 Å². The van der Waals surface area contributed by atoms with Crippen LogP contribution in [0.25, 0.3) is 0 Å². The molecule has 5 nitrogen and oxygen atoms in total. The number of hydrogen-bond acceptors (Lipinski definition) is 3. The number of aryl methyl sites for hydroxylation is 2. The molecular formula is C13H13FN4OS. The van der Waals surface area contributed by atoms with E-state index < -0.39 is 11.7 Å². The summed E-state index contributed by atoms with van der Waals surface area (Å²) >= 11 is 4.81. The number of anilines is 1. The van der Waals surface area contributed by atoms with Crippen LogP contribution in [-0.2, 0) is 7.05 Å². The number of amides is 1. The molecule has 0 atom stereocenters. The van der Waals surface area contributed by atoms with Gasteiger partial charge in [0.2, 0.25) is 0 Å². The quantitative estimate of drug-likeness (QED) is 0.845. The molecule has 20 heavy (non-hydrogen) atoms. The Morgan fingerprint density at radius 2 is 2.20 bits per heavy atom. The van der Waals surface area contributed by atoms with E-state index in [1.54, 1.807) is 26.2 Å². The standard InChI is InChI=1S/C13H13FN4OS/c1-7-8(6-18(2)17-7)13(19)16-10-5-3-4-9(14)11(10)12(15)20/h3-6H,1-2H3,(H2,15,20)(H,16,19). The first-order valence-electron chi connectivity index (χ1n) is 5.80. The first kappa shape index (κ1) is 14.1. The number of benzene rings is 1. The fraction of sp³-hybridized carbons (Fsp3) is 0.154. The minimum Gasteiger partial charge on any atom is -0.389 e. The Morgan fingerprint density at radius 3 is 2.75 bits per heavy atom. The van der Waals surface area contributed by atoms with Crippen LogP contribution >= 0.6 is 12.2 Å². The molecule has 0 fully saturated rings. The molecule has 0 aliphatic carbocycles. The SMILES string of the molecule is Cc1nn(C)cc1C(=O)Nc1cccc(F)c1C(N)=S. The maximum absolute atomic E-state index is 13.7. The zero-order chi connectivity index (χ0) is 14.9. The van der Waals surface area contributed by atoms with Gasteiger partial charge in [-0.15, -0.1) is 0 Å². The summed E-state index contributed by atoms with van der Waals surface area (Å²) < 4.78 is 15.2. The molecule has 7 heteroatoms. The van der Waals surface area contributed by atoms with E-state index in [1.165, 1.54) is 16.8 Å². The summed E-state index contributed by atoms with van der Waals surface area (Å²) in [5.41, 5.74) is 6.74. The monoisotopic (exact) mass is 292 g/mol. The van der Waals surface area contributed by atoms with Crippen LogP contribution in [-0.4, -0.2) is 20.7 Å². The van der Waals surface area contributed by atoms with Crippen LogP contribution in [0.2, 0.25) is 0 Å². The van der Waals surface area contributed by atoms with Crippen LogP contribution in [0.4, 0.5) is 10.1 Å². The minimum absolute atomic E-state index is 0.0254. The van der Waals surface area contributed by atoms with E-state index in [-0.39, 0.29) is 16.2 Å². The topological polar surface area (TPSA) is 72.9 Å². The molecule has 3 N–H and O–H groups in total. The lowest BCUT2D eigenvalue weighted by Crippen LogP contribution is -2.19. The summed E-state index contributed by atoms with van der Waals surface area (Å²) in [6, 6.07) is 4.25. The third kappa shape index (κ3) is 2.67. The number of rotatable bonds is 3. The Bertz CT molecular complexity index is 696. The van der Waals surface area contributed by atoms with Crippen molar-refractivity contribution in [3.63, 3.8) is 0 Å². The van der Waals surface area contributed by atoms with Gasteiger partial charge < -0.3 is 11.1 Å². The van der Waals surface area contributed by atoms with Gasteiger partial charge in [-0.25, -0.2) is 4.39 Å². The fourth-order valence-electron chi connectivity index (χ4n) is 1.89. The molecule has 0 bridgehead atoms. The van der Waals surface area contributed by atoms with Gasteiger partial charge in [-0.1, -0.05) is 18.3 Å². The van der Waals surface area contributed by atoms with E-state index in [9.17, 15) is 9.18 Å². The summed E-state index contributed by atoms with van der Waals surface area (Å²) in [5.74, 6) is -0.961. The highest BCUT2D eigenvalue weighted by molar-refractivity contribution is 7.80. The smallest absolute Gasteiger partial charge is 0.259 e.